The van der Waals surface area contributed by atoms with Crippen molar-refractivity contribution < 1.29 is 78.5 Å². The number of hydrogen-bond donors (Lipinski definition) is 8. The molecule has 5 rings (SSSR count). The molecule has 0 amide bonds. The van der Waals surface area contributed by atoms with Crippen molar-refractivity contribution in [2.75, 3.05) is 13.7 Å². The van der Waals surface area contributed by atoms with E-state index in [0.29, 0.717) is 0 Å². The zero-order valence-electron chi connectivity index (χ0n) is 25.1. The van der Waals surface area contributed by atoms with E-state index in [2.05, 4.69) is 0 Å². The number of carbonyl (C=O) groups is 1. The molecule has 0 radical (unpaired) electrons. The van der Waals surface area contributed by atoms with E-state index in [4.69, 9.17) is 32.8 Å². The number of aliphatic hydroxyl groups excluding tert-OH is 5. The first-order valence-electron chi connectivity index (χ1n) is 14.3. The lowest BCUT2D eigenvalue weighted by atomic mass is 9.97. The summed E-state index contributed by atoms with van der Waals surface area (Å²) in [5.74, 6) is -3.36. The maximum atomic E-state index is 13.0. The number of rotatable bonds is 8. The molecule has 0 saturated carbocycles. The maximum absolute atomic E-state index is 13.0. The Hall–Kier alpha value is -4.20. The first-order chi connectivity index (χ1) is 22.2. The summed E-state index contributed by atoms with van der Waals surface area (Å²) in [7, 11) is 1.35. The van der Waals surface area contributed by atoms with Crippen LogP contribution in [0.5, 0.6) is 28.7 Å². The third-order valence-corrected chi connectivity index (χ3v) is 7.83. The van der Waals surface area contributed by atoms with E-state index < -0.39 is 102 Å². The van der Waals surface area contributed by atoms with Crippen LogP contribution in [0.1, 0.15) is 13.8 Å². The second-order valence-electron chi connectivity index (χ2n) is 11.0. The monoisotopic (exact) mass is 666 g/mol. The highest BCUT2D eigenvalue weighted by molar-refractivity contribution is 5.89. The SMILES string of the molecule is COc1ccc(-c2cc(=O)c3c(O)c(O)c(O[C@H]4O[C@@H](COC(C)=O)[C@H](O)[C@@H](O)[C@@H]4O[C@H]4O[C@@H](C)[C@H](O)[C@@H](O)[C@@H]4O)cc3o2)cc1O. The second kappa shape index (κ2) is 13.5. The lowest BCUT2D eigenvalue weighted by Gasteiger charge is -2.45. The standard InChI is InChI=1S/C30H34O17/c1-10-21(34)25(38)27(40)29(43-10)47-28-26(39)23(36)19(9-42-11(2)31)46-30(28)45-18-8-17-20(24(37)22(18)35)14(33)7-16(44-17)12-4-5-15(41-3)13(32)6-12/h4-8,10,19,21,23,25-30,32,34-40H,9H2,1-3H3/t10-,19-,21-,23-,25+,26+,27-,28-,29+,30-/m0/s1. The van der Waals surface area contributed by atoms with Gasteiger partial charge in [0.15, 0.2) is 40.8 Å². The number of benzene rings is 2. The average Bonchev–Trinajstić information content (AvgIpc) is 3.03. The normalized spacial score (nSPS) is 31.0. The Bertz CT molecular complexity index is 1670. The lowest BCUT2D eigenvalue weighted by molar-refractivity contribution is -0.354. The molecule has 2 saturated heterocycles. The molecule has 2 aliphatic heterocycles. The fraction of sp³-hybridized carbons (Fsp3) is 0.467. The minimum atomic E-state index is -1.90. The molecular weight excluding hydrogens is 632 g/mol. The average molecular weight is 667 g/mol. The Morgan fingerprint density at radius 3 is 2.23 bits per heavy atom. The van der Waals surface area contributed by atoms with Gasteiger partial charge in [-0.25, -0.2) is 0 Å². The van der Waals surface area contributed by atoms with Crippen LogP contribution in [0.4, 0.5) is 0 Å². The molecule has 0 spiro atoms. The second-order valence-corrected chi connectivity index (χ2v) is 11.0. The smallest absolute Gasteiger partial charge is 0.302 e. The number of hydrogen-bond acceptors (Lipinski definition) is 17. The Morgan fingerprint density at radius 1 is 0.851 bits per heavy atom. The summed E-state index contributed by atoms with van der Waals surface area (Å²) in [4.78, 5) is 24.4. The van der Waals surface area contributed by atoms with E-state index >= 15 is 0 Å². The number of phenolic OH excluding ortho intramolecular Hbond substituents is 3. The van der Waals surface area contributed by atoms with Crippen molar-refractivity contribution in [3.63, 3.8) is 0 Å². The molecule has 3 heterocycles. The molecule has 256 valence electrons. The lowest BCUT2D eigenvalue weighted by Crippen LogP contribution is -2.64. The Balaban J connectivity index is 1.53. The molecule has 2 fully saturated rings. The zero-order chi connectivity index (χ0) is 34.3. The van der Waals surface area contributed by atoms with Gasteiger partial charge in [0, 0.05) is 24.6 Å². The van der Waals surface area contributed by atoms with Crippen molar-refractivity contribution in [2.45, 2.75) is 75.3 Å². The summed E-state index contributed by atoms with van der Waals surface area (Å²) >= 11 is 0. The van der Waals surface area contributed by atoms with Gasteiger partial charge in [-0.15, -0.1) is 0 Å². The fourth-order valence-electron chi connectivity index (χ4n) is 5.23. The molecule has 17 nitrogen and oxygen atoms in total. The van der Waals surface area contributed by atoms with E-state index in [-0.39, 0.29) is 28.4 Å². The highest BCUT2D eigenvalue weighted by Gasteiger charge is 2.51. The number of fused-ring (bicyclic) bond motifs is 1. The maximum Gasteiger partial charge on any atom is 0.302 e. The summed E-state index contributed by atoms with van der Waals surface area (Å²) in [5, 5.41) is 84.0. The van der Waals surface area contributed by atoms with Gasteiger partial charge in [0.25, 0.3) is 0 Å². The van der Waals surface area contributed by atoms with Gasteiger partial charge in [-0.2, -0.15) is 0 Å². The van der Waals surface area contributed by atoms with E-state index in [1.165, 1.54) is 32.2 Å². The van der Waals surface area contributed by atoms with Crippen LogP contribution in [0.25, 0.3) is 22.3 Å². The molecule has 2 aliphatic rings. The minimum Gasteiger partial charge on any atom is -0.504 e. The third-order valence-electron chi connectivity index (χ3n) is 7.83. The molecule has 0 aliphatic carbocycles. The van der Waals surface area contributed by atoms with Crippen LogP contribution in [0.15, 0.2) is 39.5 Å². The molecule has 0 bridgehead atoms. The molecule has 10 atom stereocenters. The Kier molecular flexibility index (Phi) is 9.81. The number of phenols is 3. The molecule has 0 unspecified atom stereocenters. The number of aliphatic hydroxyl groups is 5. The van der Waals surface area contributed by atoms with E-state index in [1.54, 1.807) is 0 Å². The molecule has 2 aromatic carbocycles. The highest BCUT2D eigenvalue weighted by Crippen LogP contribution is 2.43. The number of methoxy groups -OCH3 is 1. The van der Waals surface area contributed by atoms with Crippen molar-refractivity contribution in [3.8, 4) is 40.1 Å². The minimum absolute atomic E-state index is 0.0510. The predicted octanol–water partition coefficient (Wildman–Crippen LogP) is -0.813. The Labute approximate surface area is 265 Å². The summed E-state index contributed by atoms with van der Waals surface area (Å²) in [6, 6.07) is 6.24. The molecule has 3 aromatic rings. The van der Waals surface area contributed by atoms with E-state index in [0.717, 1.165) is 19.1 Å². The van der Waals surface area contributed by atoms with Gasteiger partial charge < -0.3 is 73.7 Å². The van der Waals surface area contributed by atoms with Crippen molar-refractivity contribution in [3.05, 3.63) is 40.6 Å². The number of carbonyl (C=O) groups excluding carboxylic acids is 1. The van der Waals surface area contributed by atoms with Crippen molar-refractivity contribution in [1.29, 1.82) is 0 Å². The van der Waals surface area contributed by atoms with Crippen LogP contribution in [-0.2, 0) is 23.7 Å². The van der Waals surface area contributed by atoms with Gasteiger partial charge in [0.1, 0.15) is 60.0 Å². The molecular formula is C30H34O17. The van der Waals surface area contributed by atoms with Crippen LogP contribution >= 0.6 is 0 Å². The number of ether oxygens (including phenoxy) is 6. The van der Waals surface area contributed by atoms with Crippen LogP contribution in [0.2, 0.25) is 0 Å². The predicted molar refractivity (Wildman–Crippen MR) is 155 cm³/mol. The van der Waals surface area contributed by atoms with Gasteiger partial charge in [0.2, 0.25) is 12.0 Å². The molecule has 47 heavy (non-hydrogen) atoms. The van der Waals surface area contributed by atoms with Crippen LogP contribution in [0, 0.1) is 0 Å². The van der Waals surface area contributed by atoms with Crippen molar-refractivity contribution >= 4 is 16.9 Å². The molecule has 17 heteroatoms. The summed E-state index contributed by atoms with van der Waals surface area (Å²) in [6.45, 7) is 1.92. The topological polar surface area (TPSA) is 264 Å². The third kappa shape index (κ3) is 6.65. The van der Waals surface area contributed by atoms with E-state index in [1.807, 2.05) is 0 Å². The van der Waals surface area contributed by atoms with Crippen LogP contribution in [0.3, 0.4) is 0 Å². The van der Waals surface area contributed by atoms with Crippen molar-refractivity contribution in [2.24, 2.45) is 0 Å². The first-order valence-corrected chi connectivity index (χ1v) is 14.3. The number of esters is 1. The van der Waals surface area contributed by atoms with E-state index in [9.17, 15) is 50.4 Å². The largest absolute Gasteiger partial charge is 0.504 e. The van der Waals surface area contributed by atoms with Gasteiger partial charge >= 0.3 is 5.97 Å². The molecule has 1 aromatic heterocycles. The zero-order valence-corrected chi connectivity index (χ0v) is 25.1. The van der Waals surface area contributed by atoms with Gasteiger partial charge in [-0.3, -0.25) is 9.59 Å². The summed E-state index contributed by atoms with van der Waals surface area (Å²) in [5.41, 5.74) is -0.820. The first kappa shape index (κ1) is 34.1. The summed E-state index contributed by atoms with van der Waals surface area (Å²) < 4.78 is 38.4. The van der Waals surface area contributed by atoms with Gasteiger partial charge in [-0.05, 0) is 25.1 Å². The highest BCUT2D eigenvalue weighted by atomic mass is 16.8. The van der Waals surface area contributed by atoms with Crippen molar-refractivity contribution in [1.82, 2.24) is 0 Å². The summed E-state index contributed by atoms with van der Waals surface area (Å²) in [6.07, 6.45) is -16.5. The quantitative estimate of drug-likeness (QED) is 0.108. The fourth-order valence-corrected chi connectivity index (χ4v) is 5.23. The Morgan fingerprint density at radius 2 is 1.57 bits per heavy atom. The van der Waals surface area contributed by atoms with Crippen LogP contribution < -0.4 is 14.9 Å². The molecule has 8 N–H and O–H groups in total. The van der Waals surface area contributed by atoms with Crippen LogP contribution in [-0.4, -0.2) is 122 Å². The van der Waals surface area contributed by atoms with Gasteiger partial charge in [-0.1, -0.05) is 0 Å². The van der Waals surface area contributed by atoms with Gasteiger partial charge in [0.05, 0.1) is 13.2 Å². The number of aromatic hydroxyl groups is 3.